The molecule has 0 fully saturated rings. The summed E-state index contributed by atoms with van der Waals surface area (Å²) in [5, 5.41) is 0. The van der Waals surface area contributed by atoms with E-state index in [2.05, 4.69) is 121 Å². The van der Waals surface area contributed by atoms with Gasteiger partial charge in [-0.25, -0.2) is 26.0 Å². The summed E-state index contributed by atoms with van der Waals surface area (Å²) in [5.74, 6) is 0. The lowest BCUT2D eigenvalue weighted by molar-refractivity contribution is -0.693. The predicted octanol–water partition coefficient (Wildman–Crippen LogP) is 6.44. The first kappa shape index (κ1) is 37.7. The Morgan fingerprint density at radius 3 is 0.938 bits per heavy atom. The molecule has 250 valence electrons. The van der Waals surface area contributed by atoms with Gasteiger partial charge >= 0.3 is 0 Å². The van der Waals surface area contributed by atoms with Gasteiger partial charge in [-0.2, -0.15) is 0 Å². The Balaban J connectivity index is 0.000000233. The van der Waals surface area contributed by atoms with E-state index in [1.54, 1.807) is 24.3 Å². The van der Waals surface area contributed by atoms with Gasteiger partial charge in [0.05, 0.1) is 9.79 Å². The number of aromatic nitrogens is 2. The average molecular weight is 685 g/mol. The van der Waals surface area contributed by atoms with Crippen molar-refractivity contribution >= 4 is 44.5 Å². The highest BCUT2D eigenvalue weighted by atomic mass is 32.2. The molecule has 0 aliphatic rings. The molecule has 0 N–H and O–H groups in total. The van der Waals surface area contributed by atoms with Crippen LogP contribution in [0.4, 0.5) is 0 Å². The normalized spacial score (nSPS) is 11.5. The molecule has 0 spiro atoms. The maximum absolute atomic E-state index is 10.4. The van der Waals surface area contributed by atoms with Crippen molar-refractivity contribution < 1.29 is 35.1 Å². The molecular weight excluding hydrogens is 645 g/mol. The van der Waals surface area contributed by atoms with Crippen LogP contribution in [-0.4, -0.2) is 25.9 Å². The van der Waals surface area contributed by atoms with Gasteiger partial charge in [0.15, 0.2) is 24.8 Å². The van der Waals surface area contributed by atoms with Gasteiger partial charge in [-0.05, 0) is 74.2 Å². The van der Waals surface area contributed by atoms with Crippen LogP contribution in [0.2, 0.25) is 0 Å². The van der Waals surface area contributed by atoms with Gasteiger partial charge in [-0.1, -0.05) is 84.0 Å². The van der Waals surface area contributed by atoms with Crippen molar-refractivity contribution in [3.05, 3.63) is 155 Å². The molecule has 5 rings (SSSR count). The quantitative estimate of drug-likeness (QED) is 0.137. The highest BCUT2D eigenvalue weighted by Crippen LogP contribution is 2.12. The van der Waals surface area contributed by atoms with Gasteiger partial charge in [-0.15, -0.1) is 0 Å². The Kier molecular flexibility index (Phi) is 14.1. The van der Waals surface area contributed by atoms with E-state index in [1.807, 2.05) is 13.8 Å². The van der Waals surface area contributed by atoms with Crippen LogP contribution in [0.3, 0.4) is 0 Å². The largest absolute Gasteiger partial charge is 0.744 e. The van der Waals surface area contributed by atoms with Gasteiger partial charge in [0, 0.05) is 24.3 Å². The van der Waals surface area contributed by atoms with Gasteiger partial charge in [0.2, 0.25) is 0 Å². The third kappa shape index (κ3) is 13.2. The molecule has 48 heavy (non-hydrogen) atoms. The van der Waals surface area contributed by atoms with E-state index in [1.165, 1.54) is 46.5 Å². The topological polar surface area (TPSA) is 122 Å². The van der Waals surface area contributed by atoms with E-state index in [9.17, 15) is 25.9 Å². The summed E-state index contributed by atoms with van der Waals surface area (Å²) in [6, 6.07) is 28.7. The number of rotatable bonds is 8. The molecule has 5 aromatic rings. The van der Waals surface area contributed by atoms with E-state index < -0.39 is 20.2 Å². The first-order chi connectivity index (χ1) is 22.8. The molecule has 0 aliphatic carbocycles. The van der Waals surface area contributed by atoms with Gasteiger partial charge in [0.25, 0.3) is 0 Å². The molecule has 0 aliphatic heterocycles. The number of pyridine rings is 2. The summed E-state index contributed by atoms with van der Waals surface area (Å²) in [5.41, 5.74) is 6.70. The molecule has 0 saturated carbocycles. The maximum atomic E-state index is 10.4. The number of benzene rings is 3. The monoisotopic (exact) mass is 684 g/mol. The molecule has 3 aromatic carbocycles. The predicted molar refractivity (Wildman–Crippen MR) is 187 cm³/mol. The third-order valence-corrected chi connectivity index (χ3v) is 8.76. The van der Waals surface area contributed by atoms with E-state index >= 15 is 0 Å². The molecule has 0 radical (unpaired) electrons. The maximum Gasteiger partial charge on any atom is 0.169 e. The fourth-order valence-electron chi connectivity index (χ4n) is 4.09. The highest BCUT2D eigenvalue weighted by molar-refractivity contribution is 7.86. The van der Waals surface area contributed by atoms with Crippen molar-refractivity contribution in [2.75, 3.05) is 0 Å². The van der Waals surface area contributed by atoms with Crippen LogP contribution in [0.15, 0.2) is 132 Å². The van der Waals surface area contributed by atoms with Crippen LogP contribution in [0.1, 0.15) is 47.2 Å². The minimum Gasteiger partial charge on any atom is -0.744 e. The Hall–Kier alpha value is -4.74. The molecule has 0 unspecified atom stereocenters. The summed E-state index contributed by atoms with van der Waals surface area (Å²) in [4.78, 5) is -0.355. The zero-order chi connectivity index (χ0) is 35.2. The molecular formula is C38H40N2O6S2. The average Bonchev–Trinajstić information content (AvgIpc) is 3.07. The molecule has 0 bridgehead atoms. The lowest BCUT2D eigenvalue weighted by Gasteiger charge is -2.05. The van der Waals surface area contributed by atoms with Crippen LogP contribution < -0.4 is 9.13 Å². The molecule has 0 atom stereocenters. The van der Waals surface area contributed by atoms with Crippen LogP contribution in [0, 0.1) is 13.8 Å². The zero-order valence-electron chi connectivity index (χ0n) is 27.4. The minimum atomic E-state index is -4.27. The van der Waals surface area contributed by atoms with Crippen molar-refractivity contribution in [1.82, 2.24) is 0 Å². The summed E-state index contributed by atoms with van der Waals surface area (Å²) >= 11 is 0. The van der Waals surface area contributed by atoms with Crippen molar-refractivity contribution in [2.45, 2.75) is 50.6 Å². The number of hydrogen-bond acceptors (Lipinski definition) is 6. The molecule has 8 nitrogen and oxygen atoms in total. The Bertz CT molecular complexity index is 1850. The number of aryl methyl sites for hydroxylation is 4. The van der Waals surface area contributed by atoms with Crippen LogP contribution >= 0.6 is 0 Å². The van der Waals surface area contributed by atoms with Gasteiger partial charge in [0.1, 0.15) is 33.3 Å². The van der Waals surface area contributed by atoms with Gasteiger partial charge in [-0.3, -0.25) is 0 Å². The smallest absolute Gasteiger partial charge is 0.169 e. The summed E-state index contributed by atoms with van der Waals surface area (Å²) in [7, 11) is -8.54. The third-order valence-electron chi connectivity index (χ3n) is 7.06. The van der Waals surface area contributed by atoms with Crippen molar-refractivity contribution in [3.63, 3.8) is 0 Å². The van der Waals surface area contributed by atoms with Crippen molar-refractivity contribution in [1.29, 1.82) is 0 Å². The fourth-order valence-corrected chi connectivity index (χ4v) is 5.03. The first-order valence-corrected chi connectivity index (χ1v) is 18.1. The van der Waals surface area contributed by atoms with Gasteiger partial charge < -0.3 is 9.11 Å². The Morgan fingerprint density at radius 1 is 0.458 bits per heavy atom. The molecule has 10 heteroatoms. The fraction of sp³-hybridized carbons (Fsp3) is 0.158. The molecule has 0 amide bonds. The SMILES string of the molecule is CC[n+]1ccc(/C=C/c2ccc(/C=C/c3cc[n+](CC)cc3)cc2)cc1.Cc1ccc(S(=O)(=O)[O-])cc1.Cc1ccc(S(=O)(=O)[O-])cc1. The van der Waals surface area contributed by atoms with E-state index in [4.69, 9.17) is 0 Å². The Morgan fingerprint density at radius 2 is 0.708 bits per heavy atom. The minimum absolute atomic E-state index is 0.178. The summed E-state index contributed by atoms with van der Waals surface area (Å²) < 4.78 is 66.7. The van der Waals surface area contributed by atoms with E-state index in [-0.39, 0.29) is 9.79 Å². The standard InChI is InChI=1S/C24H26N2.2C7H8O3S/c1-3-25-17-13-23(14-18-25)11-9-21-5-7-22(8-6-21)10-12-24-15-19-26(4-2)20-16-24;2*1-6-2-4-7(5-3-6)11(8,9)10/h5-20H,3-4H2,1-2H3;2*2-5H,1H3,(H,8,9,10)/q+2;;/p-2/b11-9+,12-10+;;. The van der Waals surface area contributed by atoms with Crippen molar-refractivity contribution in [2.24, 2.45) is 0 Å². The summed E-state index contributed by atoms with van der Waals surface area (Å²) in [6.45, 7) is 9.93. The van der Waals surface area contributed by atoms with E-state index in [0.717, 1.165) is 24.2 Å². The molecule has 2 aromatic heterocycles. The van der Waals surface area contributed by atoms with Crippen molar-refractivity contribution in [3.8, 4) is 0 Å². The zero-order valence-corrected chi connectivity index (χ0v) is 29.1. The van der Waals surface area contributed by atoms with Crippen LogP contribution in [0.25, 0.3) is 24.3 Å². The lowest BCUT2D eigenvalue weighted by atomic mass is 10.1. The van der Waals surface area contributed by atoms with Crippen LogP contribution in [-0.2, 0) is 33.3 Å². The number of nitrogens with zero attached hydrogens (tertiary/aromatic N) is 2. The van der Waals surface area contributed by atoms with Crippen LogP contribution in [0.5, 0.6) is 0 Å². The number of hydrogen-bond donors (Lipinski definition) is 0. The second-order valence-corrected chi connectivity index (χ2v) is 13.6. The Labute approximate surface area is 284 Å². The second-order valence-electron chi connectivity index (χ2n) is 10.8. The first-order valence-electron chi connectivity index (χ1n) is 15.3. The summed E-state index contributed by atoms with van der Waals surface area (Å²) in [6.07, 6.45) is 17.0. The highest BCUT2D eigenvalue weighted by Gasteiger charge is 1.99. The molecule has 2 heterocycles. The lowest BCUT2D eigenvalue weighted by Crippen LogP contribution is -2.30. The van der Waals surface area contributed by atoms with E-state index in [0.29, 0.717) is 0 Å². The molecule has 0 saturated heterocycles. The second kappa shape index (κ2) is 18.0.